The predicted molar refractivity (Wildman–Crippen MR) is 79.7 cm³/mol. The van der Waals surface area contributed by atoms with E-state index in [4.69, 9.17) is 0 Å². The van der Waals surface area contributed by atoms with Gasteiger partial charge in [0.2, 0.25) is 0 Å². The van der Waals surface area contributed by atoms with Gasteiger partial charge in [0.25, 0.3) is 0 Å². The van der Waals surface area contributed by atoms with Crippen molar-refractivity contribution in [1.82, 2.24) is 0 Å². The quantitative estimate of drug-likeness (QED) is 0.644. The van der Waals surface area contributed by atoms with Gasteiger partial charge in [0.05, 0.1) is 0 Å². The average Bonchev–Trinajstić information content (AvgIpc) is 2.40. The van der Waals surface area contributed by atoms with Gasteiger partial charge in [0, 0.05) is 0 Å². The molecule has 0 aromatic heterocycles. The van der Waals surface area contributed by atoms with Gasteiger partial charge in [-0.25, -0.2) is 0 Å². The summed E-state index contributed by atoms with van der Waals surface area (Å²) >= 11 is 0. The van der Waals surface area contributed by atoms with Gasteiger partial charge in [-0.1, -0.05) is 76.3 Å². The third-order valence-corrected chi connectivity index (χ3v) is 4.64. The topological polar surface area (TPSA) is 0 Å². The highest BCUT2D eigenvalue weighted by atomic mass is 14.3. The summed E-state index contributed by atoms with van der Waals surface area (Å²) < 4.78 is 0. The highest BCUT2D eigenvalue weighted by Gasteiger charge is 2.21. The van der Waals surface area contributed by atoms with Gasteiger partial charge >= 0.3 is 0 Å². The van der Waals surface area contributed by atoms with Crippen LogP contribution in [0.5, 0.6) is 0 Å². The second-order valence-electron chi connectivity index (χ2n) is 6.43. The average molecular weight is 244 g/mol. The lowest BCUT2D eigenvalue weighted by atomic mass is 9.77. The van der Waals surface area contributed by atoms with Crippen LogP contribution in [0.2, 0.25) is 0 Å². The molecular weight excluding hydrogens is 216 g/mol. The van der Waals surface area contributed by atoms with Crippen molar-refractivity contribution in [3.8, 4) is 0 Å². The molecule has 18 heavy (non-hydrogen) atoms. The first-order chi connectivity index (χ1) is 8.75. The van der Waals surface area contributed by atoms with E-state index in [2.05, 4.69) is 44.2 Å². The van der Waals surface area contributed by atoms with E-state index >= 15 is 0 Å². The third kappa shape index (κ3) is 4.15. The Morgan fingerprint density at radius 3 is 2.28 bits per heavy atom. The van der Waals surface area contributed by atoms with Crippen molar-refractivity contribution in [3.63, 3.8) is 0 Å². The molecule has 1 atom stereocenters. The fourth-order valence-corrected chi connectivity index (χ4v) is 3.36. The normalized spacial score (nSPS) is 19.1. The lowest BCUT2D eigenvalue weighted by Crippen LogP contribution is -2.18. The second-order valence-corrected chi connectivity index (χ2v) is 6.43. The summed E-state index contributed by atoms with van der Waals surface area (Å²) in [6.07, 6.45) is 10.1. The molecule has 0 radical (unpaired) electrons. The lowest BCUT2D eigenvalue weighted by molar-refractivity contribution is 0.246. The van der Waals surface area contributed by atoms with E-state index in [1.807, 2.05) is 0 Å². The zero-order chi connectivity index (χ0) is 12.8. The molecule has 0 saturated heterocycles. The molecule has 1 saturated carbocycles. The molecule has 0 amide bonds. The van der Waals surface area contributed by atoms with Gasteiger partial charge in [0.15, 0.2) is 0 Å². The minimum Gasteiger partial charge on any atom is -0.0625 e. The summed E-state index contributed by atoms with van der Waals surface area (Å²) in [5.41, 5.74) is 1.52. The molecule has 2 rings (SSSR count). The van der Waals surface area contributed by atoms with Crippen LogP contribution in [0.3, 0.4) is 0 Å². The molecule has 0 N–H and O–H groups in total. The SMILES string of the molecule is CC(C)C(Cc1ccccc1)CC1CCCCC1. The fourth-order valence-electron chi connectivity index (χ4n) is 3.36. The number of hydrogen-bond donors (Lipinski definition) is 0. The Kier molecular flexibility index (Phi) is 5.28. The molecule has 1 unspecified atom stereocenters. The summed E-state index contributed by atoms with van der Waals surface area (Å²) in [4.78, 5) is 0. The van der Waals surface area contributed by atoms with Crippen LogP contribution in [0, 0.1) is 17.8 Å². The molecule has 0 aliphatic heterocycles. The van der Waals surface area contributed by atoms with Crippen molar-refractivity contribution >= 4 is 0 Å². The molecule has 0 bridgehead atoms. The molecule has 1 aliphatic rings. The first-order valence-corrected chi connectivity index (χ1v) is 7.79. The Balaban J connectivity index is 1.91. The van der Waals surface area contributed by atoms with Crippen molar-refractivity contribution in [2.75, 3.05) is 0 Å². The number of benzene rings is 1. The van der Waals surface area contributed by atoms with Crippen molar-refractivity contribution < 1.29 is 0 Å². The minimum atomic E-state index is 0.812. The van der Waals surface area contributed by atoms with Gasteiger partial charge in [-0.2, -0.15) is 0 Å². The first-order valence-electron chi connectivity index (χ1n) is 7.79. The van der Waals surface area contributed by atoms with Gasteiger partial charge in [-0.3, -0.25) is 0 Å². The van der Waals surface area contributed by atoms with Crippen LogP contribution in [0.25, 0.3) is 0 Å². The number of rotatable bonds is 5. The smallest absolute Gasteiger partial charge is 0.0248 e. The van der Waals surface area contributed by atoms with E-state index in [9.17, 15) is 0 Å². The monoisotopic (exact) mass is 244 g/mol. The Morgan fingerprint density at radius 2 is 1.67 bits per heavy atom. The zero-order valence-electron chi connectivity index (χ0n) is 12.1. The van der Waals surface area contributed by atoms with Crippen LogP contribution in [-0.4, -0.2) is 0 Å². The maximum absolute atomic E-state index is 2.40. The molecule has 1 aromatic carbocycles. The molecule has 1 fully saturated rings. The van der Waals surface area contributed by atoms with E-state index < -0.39 is 0 Å². The van der Waals surface area contributed by atoms with E-state index in [1.54, 1.807) is 0 Å². The van der Waals surface area contributed by atoms with Gasteiger partial charge in [0.1, 0.15) is 0 Å². The lowest BCUT2D eigenvalue weighted by Gasteiger charge is -2.29. The van der Waals surface area contributed by atoms with E-state index in [-0.39, 0.29) is 0 Å². The standard InChI is InChI=1S/C18H28/c1-15(2)18(13-16-9-5-3-6-10-16)14-17-11-7-4-8-12-17/h3,5-6,9-10,15,17-18H,4,7-8,11-14H2,1-2H3. The highest BCUT2D eigenvalue weighted by molar-refractivity contribution is 5.15. The van der Waals surface area contributed by atoms with Crippen molar-refractivity contribution in [3.05, 3.63) is 35.9 Å². The van der Waals surface area contributed by atoms with Crippen molar-refractivity contribution in [2.45, 2.75) is 58.8 Å². The molecular formula is C18H28. The Bertz CT molecular complexity index is 319. The molecule has 0 heterocycles. The van der Waals surface area contributed by atoms with Crippen LogP contribution in [0.15, 0.2) is 30.3 Å². The molecule has 100 valence electrons. The van der Waals surface area contributed by atoms with E-state index in [0.29, 0.717) is 0 Å². The van der Waals surface area contributed by atoms with Crippen molar-refractivity contribution in [2.24, 2.45) is 17.8 Å². The minimum absolute atomic E-state index is 0.812. The molecule has 1 aliphatic carbocycles. The molecule has 0 heteroatoms. The Labute approximate surface area is 113 Å². The number of hydrogen-bond acceptors (Lipinski definition) is 0. The zero-order valence-corrected chi connectivity index (χ0v) is 12.1. The Hall–Kier alpha value is -0.780. The van der Waals surface area contributed by atoms with E-state index in [0.717, 1.165) is 17.8 Å². The molecule has 1 aromatic rings. The maximum atomic E-state index is 2.40. The summed E-state index contributed by atoms with van der Waals surface area (Å²) in [5.74, 6) is 2.69. The summed E-state index contributed by atoms with van der Waals surface area (Å²) in [6, 6.07) is 11.0. The van der Waals surface area contributed by atoms with Crippen LogP contribution in [-0.2, 0) is 6.42 Å². The predicted octanol–water partition coefficient (Wildman–Crippen LogP) is 5.47. The third-order valence-electron chi connectivity index (χ3n) is 4.64. The van der Waals surface area contributed by atoms with Gasteiger partial charge in [-0.15, -0.1) is 0 Å². The first kappa shape index (κ1) is 13.6. The van der Waals surface area contributed by atoms with Crippen molar-refractivity contribution in [1.29, 1.82) is 0 Å². The van der Waals surface area contributed by atoms with Crippen LogP contribution >= 0.6 is 0 Å². The maximum Gasteiger partial charge on any atom is -0.0248 e. The van der Waals surface area contributed by atoms with Crippen LogP contribution in [0.1, 0.15) is 57.9 Å². The largest absolute Gasteiger partial charge is 0.0625 e. The van der Waals surface area contributed by atoms with Crippen LogP contribution < -0.4 is 0 Å². The molecule has 0 spiro atoms. The van der Waals surface area contributed by atoms with E-state index in [1.165, 1.54) is 50.5 Å². The van der Waals surface area contributed by atoms with Crippen LogP contribution in [0.4, 0.5) is 0 Å². The van der Waals surface area contributed by atoms with Gasteiger partial charge < -0.3 is 0 Å². The van der Waals surface area contributed by atoms with Gasteiger partial charge in [-0.05, 0) is 36.2 Å². The molecule has 0 nitrogen and oxygen atoms in total. The summed E-state index contributed by atoms with van der Waals surface area (Å²) in [7, 11) is 0. The fraction of sp³-hybridized carbons (Fsp3) is 0.667. The second kappa shape index (κ2) is 6.97. The highest BCUT2D eigenvalue weighted by Crippen LogP contribution is 2.33. The summed E-state index contributed by atoms with van der Waals surface area (Å²) in [5, 5.41) is 0. The summed E-state index contributed by atoms with van der Waals surface area (Å²) in [6.45, 7) is 4.80. The Morgan fingerprint density at radius 1 is 1.00 bits per heavy atom.